The molecule has 1 amide bonds. The second kappa shape index (κ2) is 5.57. The van der Waals surface area contributed by atoms with E-state index >= 15 is 0 Å². The van der Waals surface area contributed by atoms with E-state index in [2.05, 4.69) is 24.2 Å². The van der Waals surface area contributed by atoms with Crippen molar-refractivity contribution in [1.29, 1.82) is 0 Å². The molecule has 0 aromatic heterocycles. The van der Waals surface area contributed by atoms with E-state index in [-0.39, 0.29) is 17.6 Å². The molecule has 1 heterocycles. The minimum Gasteiger partial charge on any atom is -0.396 e. The lowest BCUT2D eigenvalue weighted by Crippen LogP contribution is -2.47. The minimum absolute atomic E-state index is 0.0597. The zero-order chi connectivity index (χ0) is 14.0. The highest BCUT2D eigenvalue weighted by molar-refractivity contribution is 5.94. The van der Waals surface area contributed by atoms with Crippen LogP contribution in [0.1, 0.15) is 30.1 Å². The normalized spacial score (nSPS) is 24.2. The van der Waals surface area contributed by atoms with Crippen molar-refractivity contribution >= 4 is 11.6 Å². The predicted molar refractivity (Wildman–Crippen MR) is 73.4 cm³/mol. The highest BCUT2D eigenvalue weighted by Crippen LogP contribution is 2.17. The van der Waals surface area contributed by atoms with E-state index in [9.17, 15) is 9.18 Å². The Morgan fingerprint density at radius 1 is 1.53 bits per heavy atom. The highest BCUT2D eigenvalue weighted by atomic mass is 19.1. The van der Waals surface area contributed by atoms with Crippen molar-refractivity contribution in [1.82, 2.24) is 10.2 Å². The number of nitrogens with two attached hydrogens (primary N) is 1. The zero-order valence-electron chi connectivity index (χ0n) is 11.3. The van der Waals surface area contributed by atoms with Gasteiger partial charge in [0.25, 0.3) is 5.91 Å². The van der Waals surface area contributed by atoms with Crippen molar-refractivity contribution in [3.63, 3.8) is 0 Å². The molecule has 1 aromatic carbocycles. The van der Waals surface area contributed by atoms with Crippen LogP contribution in [0.25, 0.3) is 0 Å². The van der Waals surface area contributed by atoms with Gasteiger partial charge in [0.2, 0.25) is 0 Å². The summed E-state index contributed by atoms with van der Waals surface area (Å²) in [7, 11) is 2.08. The number of nitrogens with zero attached hydrogens (tertiary/aromatic N) is 1. The smallest absolute Gasteiger partial charge is 0.251 e. The maximum absolute atomic E-state index is 13.3. The number of rotatable bonds is 2. The second-order valence-electron chi connectivity index (χ2n) is 5.26. The number of carbonyl (C=O) groups is 1. The molecule has 2 rings (SSSR count). The van der Waals surface area contributed by atoms with Crippen LogP contribution >= 0.6 is 0 Å². The number of likely N-dealkylation sites (tertiary alicyclic amines) is 1. The summed E-state index contributed by atoms with van der Waals surface area (Å²) in [4.78, 5) is 14.3. The standard InChI is InChI=1S/C14H20FN3O/c1-9-7-11(5-6-18(9)2)17-14(19)10-3-4-13(16)12(15)8-10/h3-4,8-9,11H,5-7,16H2,1-2H3,(H,17,19). The number of nitrogen functional groups attached to an aromatic ring is 1. The summed E-state index contributed by atoms with van der Waals surface area (Å²) in [5, 5.41) is 2.96. The van der Waals surface area contributed by atoms with E-state index in [0.29, 0.717) is 11.6 Å². The first-order chi connectivity index (χ1) is 8.97. The SMILES string of the molecule is CC1CC(NC(=O)c2ccc(N)c(F)c2)CCN1C. The molecule has 0 spiro atoms. The van der Waals surface area contributed by atoms with Crippen LogP contribution < -0.4 is 11.1 Å². The highest BCUT2D eigenvalue weighted by Gasteiger charge is 2.24. The molecule has 0 radical (unpaired) electrons. The Bertz CT molecular complexity index is 478. The third kappa shape index (κ3) is 3.23. The number of hydrogen-bond acceptors (Lipinski definition) is 3. The van der Waals surface area contributed by atoms with E-state index in [0.717, 1.165) is 19.4 Å². The first-order valence-electron chi connectivity index (χ1n) is 6.53. The van der Waals surface area contributed by atoms with Crippen molar-refractivity contribution in [2.75, 3.05) is 19.3 Å². The molecule has 1 saturated heterocycles. The maximum Gasteiger partial charge on any atom is 0.251 e. The minimum atomic E-state index is -0.551. The molecule has 1 aliphatic heterocycles. The van der Waals surface area contributed by atoms with Gasteiger partial charge >= 0.3 is 0 Å². The summed E-state index contributed by atoms with van der Waals surface area (Å²) in [6, 6.07) is 4.75. The fourth-order valence-corrected chi connectivity index (χ4v) is 2.36. The molecule has 5 heteroatoms. The van der Waals surface area contributed by atoms with Gasteiger partial charge in [0.1, 0.15) is 5.82 Å². The Kier molecular flexibility index (Phi) is 4.04. The van der Waals surface area contributed by atoms with Crippen LogP contribution in [0.5, 0.6) is 0 Å². The lowest BCUT2D eigenvalue weighted by Gasteiger charge is -2.35. The van der Waals surface area contributed by atoms with Gasteiger partial charge in [-0.15, -0.1) is 0 Å². The number of nitrogens with one attached hydrogen (secondary N) is 1. The summed E-state index contributed by atoms with van der Waals surface area (Å²) < 4.78 is 13.3. The van der Waals surface area contributed by atoms with E-state index in [1.807, 2.05) is 0 Å². The number of hydrogen-bond donors (Lipinski definition) is 2. The second-order valence-corrected chi connectivity index (χ2v) is 5.26. The van der Waals surface area contributed by atoms with Crippen molar-refractivity contribution in [3.8, 4) is 0 Å². The summed E-state index contributed by atoms with van der Waals surface area (Å²) in [6.07, 6.45) is 1.84. The van der Waals surface area contributed by atoms with Crippen molar-refractivity contribution in [2.24, 2.45) is 0 Å². The van der Waals surface area contributed by atoms with Gasteiger partial charge < -0.3 is 16.0 Å². The van der Waals surface area contributed by atoms with Gasteiger partial charge in [0.15, 0.2) is 0 Å². The van der Waals surface area contributed by atoms with E-state index < -0.39 is 5.82 Å². The average Bonchev–Trinajstić information content (AvgIpc) is 2.37. The number of benzene rings is 1. The lowest BCUT2D eigenvalue weighted by atomic mass is 9.98. The van der Waals surface area contributed by atoms with Gasteiger partial charge in [0.05, 0.1) is 5.69 Å². The molecular weight excluding hydrogens is 245 g/mol. The molecule has 3 N–H and O–H groups in total. The Balaban J connectivity index is 1.99. The van der Waals surface area contributed by atoms with Crippen molar-refractivity contribution in [3.05, 3.63) is 29.6 Å². The molecule has 4 nitrogen and oxygen atoms in total. The Morgan fingerprint density at radius 2 is 2.26 bits per heavy atom. The Hall–Kier alpha value is -1.62. The zero-order valence-corrected chi connectivity index (χ0v) is 11.3. The molecule has 2 atom stereocenters. The molecular formula is C14H20FN3O. The quantitative estimate of drug-likeness (QED) is 0.799. The first kappa shape index (κ1) is 13.8. The third-order valence-electron chi connectivity index (χ3n) is 3.81. The summed E-state index contributed by atoms with van der Waals surface area (Å²) in [6.45, 7) is 3.10. The fraction of sp³-hybridized carbons (Fsp3) is 0.500. The first-order valence-corrected chi connectivity index (χ1v) is 6.53. The van der Waals surface area contributed by atoms with Gasteiger partial charge in [-0.1, -0.05) is 0 Å². The third-order valence-corrected chi connectivity index (χ3v) is 3.81. The number of piperidine rings is 1. The number of amides is 1. The van der Waals surface area contributed by atoms with Crippen LogP contribution in [0, 0.1) is 5.82 Å². The molecule has 0 aliphatic carbocycles. The molecule has 1 aromatic rings. The average molecular weight is 265 g/mol. The molecule has 1 aliphatic rings. The molecule has 1 fully saturated rings. The van der Waals surface area contributed by atoms with Crippen molar-refractivity contribution in [2.45, 2.75) is 31.8 Å². The van der Waals surface area contributed by atoms with Crippen LogP contribution in [0.3, 0.4) is 0 Å². The van der Waals surface area contributed by atoms with Gasteiger partial charge in [-0.05, 0) is 45.0 Å². The van der Waals surface area contributed by atoms with Crippen LogP contribution in [0.2, 0.25) is 0 Å². The Morgan fingerprint density at radius 3 is 2.89 bits per heavy atom. The van der Waals surface area contributed by atoms with Gasteiger partial charge in [-0.2, -0.15) is 0 Å². The van der Waals surface area contributed by atoms with Gasteiger partial charge in [0, 0.05) is 24.2 Å². The number of halogens is 1. The fourth-order valence-electron chi connectivity index (χ4n) is 2.36. The molecule has 0 saturated carbocycles. The summed E-state index contributed by atoms with van der Waals surface area (Å²) in [5.74, 6) is -0.787. The van der Waals surface area contributed by atoms with E-state index in [4.69, 9.17) is 5.73 Å². The predicted octanol–water partition coefficient (Wildman–Crippen LogP) is 1.62. The number of carbonyl (C=O) groups excluding carboxylic acids is 1. The van der Waals surface area contributed by atoms with Gasteiger partial charge in [-0.25, -0.2) is 4.39 Å². The van der Waals surface area contributed by atoms with Crippen LogP contribution in [0.4, 0.5) is 10.1 Å². The van der Waals surface area contributed by atoms with Crippen LogP contribution in [0.15, 0.2) is 18.2 Å². The largest absolute Gasteiger partial charge is 0.396 e. The lowest BCUT2D eigenvalue weighted by molar-refractivity contribution is 0.0896. The van der Waals surface area contributed by atoms with Crippen LogP contribution in [-0.4, -0.2) is 36.5 Å². The van der Waals surface area contributed by atoms with Gasteiger partial charge in [-0.3, -0.25) is 4.79 Å². The monoisotopic (exact) mass is 265 g/mol. The summed E-state index contributed by atoms with van der Waals surface area (Å²) >= 11 is 0. The molecule has 2 unspecified atom stereocenters. The summed E-state index contributed by atoms with van der Waals surface area (Å²) in [5.41, 5.74) is 5.77. The van der Waals surface area contributed by atoms with E-state index in [1.54, 1.807) is 6.07 Å². The topological polar surface area (TPSA) is 58.4 Å². The van der Waals surface area contributed by atoms with E-state index in [1.165, 1.54) is 12.1 Å². The maximum atomic E-state index is 13.3. The van der Waals surface area contributed by atoms with Crippen molar-refractivity contribution < 1.29 is 9.18 Å². The molecule has 19 heavy (non-hydrogen) atoms. The van der Waals surface area contributed by atoms with Crippen LogP contribution in [-0.2, 0) is 0 Å². The Labute approximate surface area is 112 Å². The molecule has 0 bridgehead atoms. The number of anilines is 1. The molecule has 104 valence electrons.